The number of fused-ring (bicyclic) bond motifs is 7. The van der Waals surface area contributed by atoms with E-state index in [-0.39, 0.29) is 48.4 Å². The smallest absolute Gasteiger partial charge is 0.258 e. The Morgan fingerprint density at radius 2 is 1.70 bits per heavy atom. The minimum atomic E-state index is -0.495. The predicted octanol–water partition coefficient (Wildman–Crippen LogP) is 2.95. The molecule has 4 bridgehead atoms. The average molecular weight is 627 g/mol. The largest absolute Gasteiger partial charge is 0.493 e. The molecule has 0 saturated carbocycles. The van der Waals surface area contributed by atoms with Gasteiger partial charge in [-0.2, -0.15) is 0 Å². The molecule has 11 heteroatoms. The molecule has 0 spiro atoms. The van der Waals surface area contributed by atoms with Crippen LogP contribution in [0.25, 0.3) is 0 Å². The number of aryl methyl sites for hydroxylation is 1. The number of rotatable bonds is 3. The maximum atomic E-state index is 13.8. The first-order valence-corrected chi connectivity index (χ1v) is 15.6. The maximum Gasteiger partial charge on any atom is 0.258 e. The van der Waals surface area contributed by atoms with Crippen LogP contribution in [0.1, 0.15) is 44.7 Å². The SMILES string of the molecule is COc1ccc2cc1OCC(=O)NCc1ccc(cc1)O[C@H]1CN(C(=O)C3CCN(C(=O)c4ccccc4C)CC3)C[C@@H]1NC2=O. The summed E-state index contributed by atoms with van der Waals surface area (Å²) >= 11 is 0. The molecule has 4 aliphatic heterocycles. The van der Waals surface area contributed by atoms with Crippen LogP contribution in [0.2, 0.25) is 0 Å². The zero-order valence-electron chi connectivity index (χ0n) is 26.0. The molecule has 4 amide bonds. The van der Waals surface area contributed by atoms with Crippen molar-refractivity contribution >= 4 is 23.6 Å². The first-order valence-electron chi connectivity index (χ1n) is 15.6. The summed E-state index contributed by atoms with van der Waals surface area (Å²) < 4.78 is 17.5. The fourth-order valence-corrected chi connectivity index (χ4v) is 6.22. The average Bonchev–Trinajstić information content (AvgIpc) is 3.47. The minimum Gasteiger partial charge on any atom is -0.493 e. The van der Waals surface area contributed by atoms with Gasteiger partial charge in [0.2, 0.25) is 5.91 Å². The topological polar surface area (TPSA) is 127 Å². The molecule has 2 saturated heterocycles. The molecule has 240 valence electrons. The molecule has 2 fully saturated rings. The lowest BCUT2D eigenvalue weighted by Gasteiger charge is -2.33. The second kappa shape index (κ2) is 13.5. The standard InChI is InChI=1S/C35H38N4O7/c1-22-5-3-4-6-27(22)35(43)38-15-13-24(14-16-38)34(42)39-19-28-31(20-39)46-26-10-7-23(8-11-26)18-36-32(40)21-45-30-17-25(33(41)37-28)9-12-29(30)44-2/h3-12,17,24,28,31H,13-16,18-21H2,1-2H3,(H,36,40)(H,37,41)/t28-,31-/m0/s1. The van der Waals surface area contributed by atoms with Gasteiger partial charge in [-0.1, -0.05) is 30.3 Å². The van der Waals surface area contributed by atoms with Gasteiger partial charge in [-0.15, -0.1) is 0 Å². The van der Waals surface area contributed by atoms with E-state index in [1.54, 1.807) is 17.0 Å². The third kappa shape index (κ3) is 6.78. The first kappa shape index (κ1) is 30.9. The number of amides is 4. The number of carbonyl (C=O) groups excluding carboxylic acids is 4. The molecule has 2 atom stereocenters. The number of nitrogens with zero attached hydrogens (tertiary/aromatic N) is 2. The number of piperidine rings is 1. The Morgan fingerprint density at radius 3 is 2.43 bits per heavy atom. The molecule has 2 N–H and O–H groups in total. The summed E-state index contributed by atoms with van der Waals surface area (Å²) in [5.41, 5.74) is 2.82. The monoisotopic (exact) mass is 626 g/mol. The van der Waals surface area contributed by atoms with Gasteiger partial charge in [0.25, 0.3) is 17.7 Å². The van der Waals surface area contributed by atoms with Crippen LogP contribution < -0.4 is 24.8 Å². The normalized spacial score (nSPS) is 20.5. The Hall–Kier alpha value is -5.06. The van der Waals surface area contributed by atoms with E-state index in [1.165, 1.54) is 13.2 Å². The van der Waals surface area contributed by atoms with Gasteiger partial charge < -0.3 is 34.6 Å². The fourth-order valence-electron chi connectivity index (χ4n) is 6.22. The van der Waals surface area contributed by atoms with Crippen molar-refractivity contribution in [3.63, 3.8) is 0 Å². The highest BCUT2D eigenvalue weighted by Crippen LogP contribution is 2.29. The maximum absolute atomic E-state index is 13.8. The number of benzene rings is 3. The zero-order chi connectivity index (χ0) is 32.2. The van der Waals surface area contributed by atoms with E-state index < -0.39 is 12.1 Å². The zero-order valence-corrected chi connectivity index (χ0v) is 26.0. The van der Waals surface area contributed by atoms with Crippen molar-refractivity contribution in [2.24, 2.45) is 5.92 Å². The van der Waals surface area contributed by atoms with Crippen molar-refractivity contribution < 1.29 is 33.4 Å². The second-order valence-electron chi connectivity index (χ2n) is 11.9. The van der Waals surface area contributed by atoms with Gasteiger partial charge in [0.15, 0.2) is 18.1 Å². The van der Waals surface area contributed by atoms with Crippen LogP contribution >= 0.6 is 0 Å². The van der Waals surface area contributed by atoms with Gasteiger partial charge in [-0.05, 0) is 67.3 Å². The van der Waals surface area contributed by atoms with E-state index in [0.717, 1.165) is 11.1 Å². The molecule has 3 aromatic rings. The van der Waals surface area contributed by atoms with Crippen molar-refractivity contribution in [1.29, 1.82) is 0 Å². The summed E-state index contributed by atoms with van der Waals surface area (Å²) in [6, 6.07) is 19.2. The number of likely N-dealkylation sites (tertiary alicyclic amines) is 2. The molecule has 0 aromatic heterocycles. The van der Waals surface area contributed by atoms with Crippen LogP contribution in [0.3, 0.4) is 0 Å². The third-order valence-corrected chi connectivity index (χ3v) is 8.89. The number of methoxy groups -OCH3 is 1. The van der Waals surface area contributed by atoms with Gasteiger partial charge in [-0.25, -0.2) is 0 Å². The Balaban J connectivity index is 1.18. The Bertz CT molecular complexity index is 1620. The molecule has 46 heavy (non-hydrogen) atoms. The van der Waals surface area contributed by atoms with Gasteiger partial charge >= 0.3 is 0 Å². The van der Waals surface area contributed by atoms with E-state index in [9.17, 15) is 19.2 Å². The quantitative estimate of drug-likeness (QED) is 0.458. The second-order valence-corrected chi connectivity index (χ2v) is 11.9. The highest BCUT2D eigenvalue weighted by Gasteiger charge is 2.41. The van der Waals surface area contributed by atoms with Gasteiger partial charge in [-0.3, -0.25) is 19.2 Å². The van der Waals surface area contributed by atoms with Gasteiger partial charge in [0.05, 0.1) is 19.7 Å². The molecule has 0 unspecified atom stereocenters. The van der Waals surface area contributed by atoms with Crippen molar-refractivity contribution in [2.45, 2.75) is 38.5 Å². The number of hydrogen-bond donors (Lipinski definition) is 2. The highest BCUT2D eigenvalue weighted by molar-refractivity contribution is 5.96. The number of hydrogen-bond acceptors (Lipinski definition) is 7. The summed E-state index contributed by atoms with van der Waals surface area (Å²) in [6.07, 6.45) is 0.649. The molecule has 3 aromatic carbocycles. The summed E-state index contributed by atoms with van der Waals surface area (Å²) in [7, 11) is 1.49. The molecule has 0 radical (unpaired) electrons. The minimum absolute atomic E-state index is 0.00158. The van der Waals surface area contributed by atoms with E-state index >= 15 is 0 Å². The van der Waals surface area contributed by atoms with Crippen LogP contribution in [0.4, 0.5) is 0 Å². The van der Waals surface area contributed by atoms with Crippen molar-refractivity contribution in [3.05, 3.63) is 89.0 Å². The number of ether oxygens (including phenoxy) is 3. The highest BCUT2D eigenvalue weighted by atomic mass is 16.5. The third-order valence-electron chi connectivity index (χ3n) is 8.89. The summed E-state index contributed by atoms with van der Waals surface area (Å²) in [5.74, 6) is 0.338. The van der Waals surface area contributed by atoms with Crippen LogP contribution in [-0.2, 0) is 16.1 Å². The fraction of sp³-hybridized carbons (Fsp3) is 0.371. The lowest BCUT2D eigenvalue weighted by Crippen LogP contribution is -2.46. The van der Waals surface area contributed by atoms with Crippen LogP contribution in [-0.4, -0.2) is 85.5 Å². The molecular formula is C35H38N4O7. The van der Waals surface area contributed by atoms with Gasteiger partial charge in [0, 0.05) is 43.2 Å². The Labute approximate surface area is 267 Å². The summed E-state index contributed by atoms with van der Waals surface area (Å²) in [4.78, 5) is 56.4. The van der Waals surface area contributed by atoms with E-state index in [2.05, 4.69) is 10.6 Å². The van der Waals surface area contributed by atoms with E-state index in [0.29, 0.717) is 61.6 Å². The predicted molar refractivity (Wildman–Crippen MR) is 169 cm³/mol. The van der Waals surface area contributed by atoms with Gasteiger partial charge in [0.1, 0.15) is 11.9 Å². The first-order chi connectivity index (χ1) is 22.3. The number of carbonyl (C=O) groups is 4. The van der Waals surface area contributed by atoms with Crippen LogP contribution in [0, 0.1) is 12.8 Å². The van der Waals surface area contributed by atoms with E-state index in [1.807, 2.05) is 60.4 Å². The molecule has 7 rings (SSSR count). The lowest BCUT2D eigenvalue weighted by molar-refractivity contribution is -0.136. The van der Waals surface area contributed by atoms with Crippen molar-refractivity contribution in [1.82, 2.24) is 20.4 Å². The molecule has 4 aliphatic rings. The van der Waals surface area contributed by atoms with Crippen molar-refractivity contribution in [3.8, 4) is 17.2 Å². The molecular weight excluding hydrogens is 588 g/mol. The Kier molecular flexibility index (Phi) is 9.09. The Morgan fingerprint density at radius 1 is 0.935 bits per heavy atom. The van der Waals surface area contributed by atoms with Crippen LogP contribution in [0.5, 0.6) is 17.2 Å². The lowest BCUT2D eigenvalue weighted by atomic mass is 9.94. The van der Waals surface area contributed by atoms with Crippen molar-refractivity contribution in [2.75, 3.05) is 39.9 Å². The molecule has 11 nitrogen and oxygen atoms in total. The summed E-state index contributed by atoms with van der Waals surface area (Å²) in [6.45, 7) is 3.59. The summed E-state index contributed by atoms with van der Waals surface area (Å²) in [5, 5.41) is 5.89. The molecule has 0 aliphatic carbocycles. The van der Waals surface area contributed by atoms with Crippen LogP contribution in [0.15, 0.2) is 66.7 Å². The van der Waals surface area contributed by atoms with E-state index in [4.69, 9.17) is 14.2 Å². The number of nitrogens with one attached hydrogen (secondary N) is 2. The molecule has 4 heterocycles.